The predicted octanol–water partition coefficient (Wildman–Crippen LogP) is 3.86. The first-order chi connectivity index (χ1) is 7.63. The van der Waals surface area contributed by atoms with Crippen LogP contribution < -0.4 is 0 Å². The Balaban J connectivity index is 2.71. The molecule has 1 aromatic carbocycles. The molecule has 84 valence electrons. The van der Waals surface area contributed by atoms with Crippen LogP contribution in [-0.2, 0) is 6.42 Å². The lowest BCUT2D eigenvalue weighted by atomic mass is 10.0. The highest BCUT2D eigenvalue weighted by atomic mass is 32.1. The van der Waals surface area contributed by atoms with E-state index in [1.807, 2.05) is 19.1 Å². The molecular formula is C13H14O2S. The third kappa shape index (κ3) is 1.83. The van der Waals surface area contributed by atoms with Crippen LogP contribution in [0.5, 0.6) is 0 Å². The number of fused-ring (bicyclic) bond motifs is 1. The molecule has 0 bridgehead atoms. The van der Waals surface area contributed by atoms with Crippen molar-refractivity contribution in [2.45, 2.75) is 26.7 Å². The molecule has 1 heterocycles. The Morgan fingerprint density at radius 3 is 2.81 bits per heavy atom. The summed E-state index contributed by atoms with van der Waals surface area (Å²) in [5.41, 5.74) is 2.18. The third-order valence-corrected chi connectivity index (χ3v) is 3.84. The third-order valence-electron chi connectivity index (χ3n) is 2.64. The molecule has 0 fully saturated rings. The first kappa shape index (κ1) is 11.1. The van der Waals surface area contributed by atoms with Crippen LogP contribution >= 0.6 is 11.3 Å². The minimum absolute atomic E-state index is 0.502. The molecule has 2 nitrogen and oxygen atoms in total. The maximum absolute atomic E-state index is 11.2. The Kier molecular flexibility index (Phi) is 2.97. The first-order valence-electron chi connectivity index (χ1n) is 5.38. The molecule has 2 aromatic rings. The summed E-state index contributed by atoms with van der Waals surface area (Å²) in [5.74, 6) is -0.803. The maximum Gasteiger partial charge on any atom is 0.346 e. The molecule has 0 aliphatic heterocycles. The van der Waals surface area contributed by atoms with Gasteiger partial charge in [0, 0.05) is 4.70 Å². The number of thiophene rings is 1. The van der Waals surface area contributed by atoms with Gasteiger partial charge in [0.1, 0.15) is 4.88 Å². The van der Waals surface area contributed by atoms with Crippen molar-refractivity contribution in [3.8, 4) is 0 Å². The lowest BCUT2D eigenvalue weighted by Crippen LogP contribution is -1.97. The van der Waals surface area contributed by atoms with Crippen molar-refractivity contribution in [3.05, 3.63) is 34.2 Å². The minimum Gasteiger partial charge on any atom is -0.477 e. The normalized spacial score (nSPS) is 10.9. The van der Waals surface area contributed by atoms with E-state index >= 15 is 0 Å². The maximum atomic E-state index is 11.2. The van der Waals surface area contributed by atoms with Crippen LogP contribution in [0.15, 0.2) is 18.2 Å². The summed E-state index contributed by atoms with van der Waals surface area (Å²) in [5, 5.41) is 10.3. The molecule has 1 aromatic heterocycles. The summed E-state index contributed by atoms with van der Waals surface area (Å²) in [6.07, 6.45) is 1.81. The van der Waals surface area contributed by atoms with E-state index in [2.05, 4.69) is 13.0 Å². The van der Waals surface area contributed by atoms with Crippen molar-refractivity contribution in [3.63, 3.8) is 0 Å². The Hall–Kier alpha value is -1.35. The Labute approximate surface area is 98.5 Å². The standard InChI is InChI=1S/C13H14O2S/c1-3-4-9-10-7-8(2)5-6-11(10)16-12(9)13(14)15/h5-7H,3-4H2,1-2H3,(H,14,15). The van der Waals surface area contributed by atoms with Gasteiger partial charge in [-0.15, -0.1) is 11.3 Å². The molecule has 0 unspecified atom stereocenters. The summed E-state index contributed by atoms with van der Waals surface area (Å²) < 4.78 is 1.08. The van der Waals surface area contributed by atoms with E-state index in [-0.39, 0.29) is 0 Å². The summed E-state index contributed by atoms with van der Waals surface area (Å²) in [6.45, 7) is 4.11. The molecule has 0 saturated heterocycles. The zero-order valence-corrected chi connectivity index (χ0v) is 10.2. The SMILES string of the molecule is CCCc1c(C(=O)O)sc2ccc(C)cc12. The Morgan fingerprint density at radius 2 is 2.19 bits per heavy atom. The molecule has 3 heteroatoms. The predicted molar refractivity (Wildman–Crippen MR) is 67.5 cm³/mol. The van der Waals surface area contributed by atoms with Crippen molar-refractivity contribution in [2.75, 3.05) is 0 Å². The van der Waals surface area contributed by atoms with Gasteiger partial charge in [0.25, 0.3) is 0 Å². The second-order valence-corrected chi connectivity index (χ2v) is 5.02. The number of carbonyl (C=O) groups is 1. The summed E-state index contributed by atoms with van der Waals surface area (Å²) in [6, 6.07) is 6.13. The van der Waals surface area contributed by atoms with Crippen LogP contribution in [-0.4, -0.2) is 11.1 Å². The molecule has 0 aliphatic carbocycles. The van der Waals surface area contributed by atoms with Gasteiger partial charge in [0.15, 0.2) is 0 Å². The highest BCUT2D eigenvalue weighted by molar-refractivity contribution is 7.21. The summed E-state index contributed by atoms with van der Waals surface area (Å²) in [7, 11) is 0. The van der Waals surface area contributed by atoms with Crippen LogP contribution in [0.3, 0.4) is 0 Å². The van der Waals surface area contributed by atoms with Gasteiger partial charge in [-0.3, -0.25) is 0 Å². The van der Waals surface area contributed by atoms with Crippen LogP contribution in [0.25, 0.3) is 10.1 Å². The van der Waals surface area contributed by atoms with E-state index in [0.29, 0.717) is 4.88 Å². The number of aryl methyl sites for hydroxylation is 2. The van der Waals surface area contributed by atoms with Crippen LogP contribution in [0.4, 0.5) is 0 Å². The minimum atomic E-state index is -0.803. The van der Waals surface area contributed by atoms with Gasteiger partial charge in [-0.25, -0.2) is 4.79 Å². The van der Waals surface area contributed by atoms with Crippen molar-refractivity contribution >= 4 is 27.4 Å². The van der Waals surface area contributed by atoms with E-state index in [4.69, 9.17) is 0 Å². The summed E-state index contributed by atoms with van der Waals surface area (Å²) in [4.78, 5) is 11.7. The lowest BCUT2D eigenvalue weighted by molar-refractivity contribution is 0.0701. The van der Waals surface area contributed by atoms with E-state index in [1.54, 1.807) is 0 Å². The lowest BCUT2D eigenvalue weighted by Gasteiger charge is -1.99. The van der Waals surface area contributed by atoms with E-state index < -0.39 is 5.97 Å². The molecule has 0 radical (unpaired) electrons. The van der Waals surface area contributed by atoms with Crippen LogP contribution in [0, 0.1) is 6.92 Å². The first-order valence-corrected chi connectivity index (χ1v) is 6.20. The fourth-order valence-electron chi connectivity index (χ4n) is 1.93. The van der Waals surface area contributed by atoms with Gasteiger partial charge in [0.2, 0.25) is 0 Å². The largest absolute Gasteiger partial charge is 0.477 e. The van der Waals surface area contributed by atoms with Crippen molar-refractivity contribution in [2.24, 2.45) is 0 Å². The van der Waals surface area contributed by atoms with Crippen molar-refractivity contribution < 1.29 is 9.90 Å². The van der Waals surface area contributed by atoms with E-state index in [1.165, 1.54) is 16.9 Å². The molecule has 0 amide bonds. The van der Waals surface area contributed by atoms with E-state index in [0.717, 1.165) is 28.5 Å². The fraction of sp³-hybridized carbons (Fsp3) is 0.308. The van der Waals surface area contributed by atoms with E-state index in [9.17, 15) is 9.90 Å². The van der Waals surface area contributed by atoms with Crippen molar-refractivity contribution in [1.82, 2.24) is 0 Å². The van der Waals surface area contributed by atoms with Gasteiger partial charge < -0.3 is 5.11 Å². The molecule has 16 heavy (non-hydrogen) atoms. The number of aromatic carboxylic acids is 1. The number of rotatable bonds is 3. The van der Waals surface area contributed by atoms with Crippen LogP contribution in [0.2, 0.25) is 0 Å². The summed E-state index contributed by atoms with van der Waals surface area (Å²) >= 11 is 1.38. The van der Waals surface area contributed by atoms with Gasteiger partial charge in [-0.05, 0) is 30.4 Å². The van der Waals surface area contributed by atoms with Gasteiger partial charge in [-0.1, -0.05) is 31.0 Å². The monoisotopic (exact) mass is 234 g/mol. The van der Waals surface area contributed by atoms with Gasteiger partial charge in [0.05, 0.1) is 0 Å². The van der Waals surface area contributed by atoms with Crippen LogP contribution in [0.1, 0.15) is 34.1 Å². The molecule has 2 rings (SSSR count). The number of benzene rings is 1. The fourth-order valence-corrected chi connectivity index (χ4v) is 3.00. The molecule has 0 atom stereocenters. The second-order valence-electron chi connectivity index (χ2n) is 3.96. The number of carboxylic acid groups (broad SMARTS) is 1. The highest BCUT2D eigenvalue weighted by Crippen LogP contribution is 2.32. The Morgan fingerprint density at radius 1 is 1.44 bits per heavy atom. The quantitative estimate of drug-likeness (QED) is 0.875. The average Bonchev–Trinajstić information content (AvgIpc) is 2.58. The van der Waals surface area contributed by atoms with Crippen molar-refractivity contribution in [1.29, 1.82) is 0 Å². The molecule has 0 aliphatic rings. The molecular weight excluding hydrogens is 220 g/mol. The number of carboxylic acids is 1. The van der Waals surface area contributed by atoms with Gasteiger partial charge in [-0.2, -0.15) is 0 Å². The highest BCUT2D eigenvalue weighted by Gasteiger charge is 2.16. The zero-order valence-electron chi connectivity index (χ0n) is 9.41. The number of hydrogen-bond acceptors (Lipinski definition) is 2. The molecule has 0 spiro atoms. The topological polar surface area (TPSA) is 37.3 Å². The molecule has 0 saturated carbocycles. The number of hydrogen-bond donors (Lipinski definition) is 1. The zero-order chi connectivity index (χ0) is 11.7. The van der Waals surface area contributed by atoms with Gasteiger partial charge >= 0.3 is 5.97 Å². The smallest absolute Gasteiger partial charge is 0.346 e. The molecule has 1 N–H and O–H groups in total. The Bertz CT molecular complexity index is 540. The second kappa shape index (κ2) is 4.26. The average molecular weight is 234 g/mol.